The molecule has 0 fully saturated rings. The third-order valence-corrected chi connectivity index (χ3v) is 3.71. The molecule has 2 aromatic heterocycles. The summed E-state index contributed by atoms with van der Waals surface area (Å²) in [6, 6.07) is 3.88. The van der Waals surface area contributed by atoms with Crippen molar-refractivity contribution in [3.8, 4) is 10.7 Å². The predicted molar refractivity (Wildman–Crippen MR) is 70.4 cm³/mol. The second-order valence-electron chi connectivity index (χ2n) is 3.25. The van der Waals surface area contributed by atoms with Crippen LogP contribution in [0.3, 0.4) is 0 Å². The van der Waals surface area contributed by atoms with Crippen LogP contribution in [0.4, 0.5) is 0 Å². The van der Waals surface area contributed by atoms with Crippen LogP contribution in [-0.4, -0.2) is 16.5 Å². The number of aromatic nitrogens is 2. The second kappa shape index (κ2) is 5.52. The summed E-state index contributed by atoms with van der Waals surface area (Å²) < 4.78 is 0.986. The minimum Gasteiger partial charge on any atom is -0.312 e. The van der Waals surface area contributed by atoms with Gasteiger partial charge < -0.3 is 5.32 Å². The van der Waals surface area contributed by atoms with Crippen LogP contribution < -0.4 is 5.32 Å². The van der Waals surface area contributed by atoms with E-state index < -0.39 is 0 Å². The highest BCUT2D eigenvalue weighted by Crippen LogP contribution is 2.29. The lowest BCUT2D eigenvalue weighted by molar-refractivity contribution is 0.734. The number of nitrogens with one attached hydrogen (secondary N) is 1. The molecule has 0 aliphatic heterocycles. The molecule has 0 aliphatic rings. The third-order valence-electron chi connectivity index (χ3n) is 2.06. The lowest BCUT2D eigenvalue weighted by Gasteiger charge is -1.98. The van der Waals surface area contributed by atoms with E-state index in [0.29, 0.717) is 0 Å². The van der Waals surface area contributed by atoms with E-state index in [9.17, 15) is 0 Å². The molecular formula is C11H12BrN3S. The molecule has 0 spiro atoms. The first kappa shape index (κ1) is 11.7. The molecule has 0 bridgehead atoms. The van der Waals surface area contributed by atoms with E-state index in [0.717, 1.165) is 28.3 Å². The highest BCUT2D eigenvalue weighted by Gasteiger charge is 2.08. The van der Waals surface area contributed by atoms with Gasteiger partial charge in [-0.05, 0) is 34.6 Å². The summed E-state index contributed by atoms with van der Waals surface area (Å²) >= 11 is 5.16. The zero-order chi connectivity index (χ0) is 11.4. The number of rotatable bonds is 4. The summed E-state index contributed by atoms with van der Waals surface area (Å²) in [5, 5.41) is 4.24. The zero-order valence-electron chi connectivity index (χ0n) is 8.90. The Bertz CT molecular complexity index is 470. The number of thiazole rings is 1. The maximum absolute atomic E-state index is 4.39. The summed E-state index contributed by atoms with van der Waals surface area (Å²) in [7, 11) is 0. The third kappa shape index (κ3) is 2.66. The molecule has 84 valence electrons. The second-order valence-corrected chi connectivity index (χ2v) is 5.22. The molecule has 0 saturated heterocycles. The summed E-state index contributed by atoms with van der Waals surface area (Å²) in [5.74, 6) is 0. The van der Waals surface area contributed by atoms with Crippen LogP contribution in [0.15, 0.2) is 29.0 Å². The van der Waals surface area contributed by atoms with Crippen molar-refractivity contribution in [2.75, 3.05) is 6.54 Å². The van der Waals surface area contributed by atoms with Gasteiger partial charge in [0.2, 0.25) is 0 Å². The SMILES string of the molecule is CCNCc1cnc(-c2ncccc2Br)s1. The Labute approximate surface area is 107 Å². The Balaban J connectivity index is 2.22. The van der Waals surface area contributed by atoms with Crippen molar-refractivity contribution in [3.05, 3.63) is 33.9 Å². The van der Waals surface area contributed by atoms with Gasteiger partial charge in [0.05, 0.1) is 0 Å². The van der Waals surface area contributed by atoms with Crippen LogP contribution in [-0.2, 0) is 6.54 Å². The van der Waals surface area contributed by atoms with Crippen molar-refractivity contribution in [2.45, 2.75) is 13.5 Å². The van der Waals surface area contributed by atoms with Gasteiger partial charge in [-0.1, -0.05) is 6.92 Å². The highest BCUT2D eigenvalue weighted by molar-refractivity contribution is 9.10. The van der Waals surface area contributed by atoms with Crippen molar-refractivity contribution >= 4 is 27.3 Å². The number of hydrogen-bond acceptors (Lipinski definition) is 4. The van der Waals surface area contributed by atoms with E-state index in [1.165, 1.54) is 4.88 Å². The van der Waals surface area contributed by atoms with Crippen LogP contribution >= 0.6 is 27.3 Å². The summed E-state index contributed by atoms with van der Waals surface area (Å²) in [6.45, 7) is 3.94. The first-order valence-corrected chi connectivity index (χ1v) is 6.68. The van der Waals surface area contributed by atoms with Gasteiger partial charge in [-0.2, -0.15) is 0 Å². The van der Waals surface area contributed by atoms with E-state index >= 15 is 0 Å². The van der Waals surface area contributed by atoms with Gasteiger partial charge in [0, 0.05) is 28.3 Å². The molecule has 16 heavy (non-hydrogen) atoms. The topological polar surface area (TPSA) is 37.8 Å². The van der Waals surface area contributed by atoms with Crippen molar-refractivity contribution < 1.29 is 0 Å². The lowest BCUT2D eigenvalue weighted by Crippen LogP contribution is -2.10. The summed E-state index contributed by atoms with van der Waals surface area (Å²) in [5.41, 5.74) is 0.912. The fourth-order valence-electron chi connectivity index (χ4n) is 1.29. The molecule has 0 unspecified atom stereocenters. The molecule has 2 heterocycles. The minimum absolute atomic E-state index is 0.874. The fourth-order valence-corrected chi connectivity index (χ4v) is 2.76. The molecule has 0 amide bonds. The van der Waals surface area contributed by atoms with Crippen LogP contribution in [0.25, 0.3) is 10.7 Å². The van der Waals surface area contributed by atoms with Gasteiger partial charge in [-0.3, -0.25) is 4.98 Å². The van der Waals surface area contributed by atoms with E-state index in [4.69, 9.17) is 0 Å². The first-order valence-electron chi connectivity index (χ1n) is 5.07. The maximum Gasteiger partial charge on any atom is 0.143 e. The van der Waals surface area contributed by atoms with Crippen LogP contribution in [0.5, 0.6) is 0 Å². The molecule has 2 rings (SSSR count). The molecular weight excluding hydrogens is 286 g/mol. The van der Waals surface area contributed by atoms with Gasteiger partial charge in [-0.15, -0.1) is 11.3 Å². The van der Waals surface area contributed by atoms with Gasteiger partial charge in [0.25, 0.3) is 0 Å². The van der Waals surface area contributed by atoms with Crippen molar-refractivity contribution in [2.24, 2.45) is 0 Å². The van der Waals surface area contributed by atoms with Crippen LogP contribution in [0, 0.1) is 0 Å². The maximum atomic E-state index is 4.39. The van der Waals surface area contributed by atoms with Crippen molar-refractivity contribution in [3.63, 3.8) is 0 Å². The van der Waals surface area contributed by atoms with E-state index in [1.54, 1.807) is 17.5 Å². The van der Waals surface area contributed by atoms with Crippen LogP contribution in [0.2, 0.25) is 0 Å². The summed E-state index contributed by atoms with van der Waals surface area (Å²) in [4.78, 5) is 9.94. The Morgan fingerprint density at radius 2 is 2.31 bits per heavy atom. The molecule has 0 saturated carbocycles. The number of hydrogen-bond donors (Lipinski definition) is 1. The molecule has 0 aromatic carbocycles. The molecule has 3 nitrogen and oxygen atoms in total. The molecule has 1 N–H and O–H groups in total. The monoisotopic (exact) mass is 297 g/mol. The zero-order valence-corrected chi connectivity index (χ0v) is 11.3. The van der Waals surface area contributed by atoms with Gasteiger partial charge in [0.1, 0.15) is 10.7 Å². The van der Waals surface area contributed by atoms with E-state index in [2.05, 4.69) is 38.1 Å². The Kier molecular flexibility index (Phi) is 4.04. The quantitative estimate of drug-likeness (QED) is 0.942. The van der Waals surface area contributed by atoms with E-state index in [1.807, 2.05) is 18.3 Å². The normalized spacial score (nSPS) is 10.6. The standard InChI is InChI=1S/C11H12BrN3S/c1-2-13-6-8-7-15-11(16-8)10-9(12)4-3-5-14-10/h3-5,7,13H,2,6H2,1H3. The van der Waals surface area contributed by atoms with Crippen molar-refractivity contribution in [1.82, 2.24) is 15.3 Å². The lowest BCUT2D eigenvalue weighted by atomic mass is 10.4. The average Bonchev–Trinajstić information content (AvgIpc) is 2.75. The first-order chi connectivity index (χ1) is 7.81. The molecule has 2 aromatic rings. The Hall–Kier alpha value is -0.780. The Morgan fingerprint density at radius 1 is 1.44 bits per heavy atom. The van der Waals surface area contributed by atoms with E-state index in [-0.39, 0.29) is 0 Å². The Morgan fingerprint density at radius 3 is 3.06 bits per heavy atom. The highest BCUT2D eigenvalue weighted by atomic mass is 79.9. The molecule has 0 aliphatic carbocycles. The smallest absolute Gasteiger partial charge is 0.143 e. The number of halogens is 1. The van der Waals surface area contributed by atoms with Crippen LogP contribution in [0.1, 0.15) is 11.8 Å². The minimum atomic E-state index is 0.874. The predicted octanol–water partition coefficient (Wildman–Crippen LogP) is 3.08. The summed E-state index contributed by atoms with van der Waals surface area (Å²) in [6.07, 6.45) is 3.69. The van der Waals surface area contributed by atoms with Gasteiger partial charge >= 0.3 is 0 Å². The molecule has 0 radical (unpaired) electrons. The largest absolute Gasteiger partial charge is 0.312 e. The van der Waals surface area contributed by atoms with Gasteiger partial charge in [0.15, 0.2) is 0 Å². The average molecular weight is 298 g/mol. The number of nitrogens with zero attached hydrogens (tertiary/aromatic N) is 2. The molecule has 5 heteroatoms. The molecule has 0 atom stereocenters. The van der Waals surface area contributed by atoms with Crippen molar-refractivity contribution in [1.29, 1.82) is 0 Å². The fraction of sp³-hybridized carbons (Fsp3) is 0.273. The number of pyridine rings is 1. The van der Waals surface area contributed by atoms with Gasteiger partial charge in [-0.25, -0.2) is 4.98 Å².